The Hall–Kier alpha value is -1.53. The number of carbonyl (C=O) groups excluding carboxylic acids is 1. The lowest BCUT2D eigenvalue weighted by atomic mass is 10.0. The smallest absolute Gasteiger partial charge is 0.338 e. The molecule has 0 saturated carbocycles. The normalized spacial score (nSPS) is 21.4. The lowest BCUT2D eigenvalue weighted by Crippen LogP contribution is -2.45. The molecule has 2 heterocycles. The summed E-state index contributed by atoms with van der Waals surface area (Å²) >= 11 is 0. The van der Waals surface area contributed by atoms with Gasteiger partial charge in [-0.25, -0.2) is 0 Å². The number of amides is 1. The summed E-state index contributed by atoms with van der Waals surface area (Å²) in [6, 6.07) is 0.386. The molecular formula is C14H20F3N3O. The van der Waals surface area contributed by atoms with Gasteiger partial charge in [0.15, 0.2) is 5.69 Å². The van der Waals surface area contributed by atoms with Crippen molar-refractivity contribution in [3.63, 3.8) is 0 Å². The zero-order valence-electron chi connectivity index (χ0n) is 12.4. The van der Waals surface area contributed by atoms with E-state index in [1.54, 1.807) is 11.8 Å². The number of alkyl halides is 3. The number of likely N-dealkylation sites (tertiary alicyclic amines) is 1. The Balaban J connectivity index is 2.21. The first-order valence-corrected chi connectivity index (χ1v) is 7.15. The first-order chi connectivity index (χ1) is 9.71. The Morgan fingerprint density at radius 3 is 2.62 bits per heavy atom. The second-order valence-electron chi connectivity index (χ2n) is 5.67. The predicted molar refractivity (Wildman–Crippen MR) is 71.7 cm³/mol. The van der Waals surface area contributed by atoms with Crippen LogP contribution in [0.5, 0.6) is 0 Å². The monoisotopic (exact) mass is 303 g/mol. The molecule has 1 fully saturated rings. The quantitative estimate of drug-likeness (QED) is 0.841. The van der Waals surface area contributed by atoms with E-state index in [1.165, 1.54) is 11.6 Å². The largest absolute Gasteiger partial charge is 0.435 e. The lowest BCUT2D eigenvalue weighted by molar-refractivity contribution is -0.143. The third kappa shape index (κ3) is 3.22. The van der Waals surface area contributed by atoms with Crippen molar-refractivity contribution < 1.29 is 18.0 Å². The van der Waals surface area contributed by atoms with Gasteiger partial charge >= 0.3 is 6.18 Å². The third-order valence-corrected chi connectivity index (χ3v) is 4.02. The van der Waals surface area contributed by atoms with Crippen LogP contribution in [0.3, 0.4) is 0 Å². The van der Waals surface area contributed by atoms with E-state index in [0.717, 1.165) is 25.3 Å². The lowest BCUT2D eigenvalue weighted by Gasteiger charge is -2.35. The van der Waals surface area contributed by atoms with Crippen LogP contribution in [0.4, 0.5) is 13.2 Å². The number of aryl methyl sites for hydroxylation is 1. The number of halogens is 3. The summed E-state index contributed by atoms with van der Waals surface area (Å²) in [7, 11) is 0. The molecule has 1 saturated heterocycles. The van der Waals surface area contributed by atoms with E-state index in [2.05, 4.69) is 5.10 Å². The number of piperidine rings is 1. The summed E-state index contributed by atoms with van der Waals surface area (Å²) in [5.74, 6) is -0.165. The molecule has 7 heteroatoms. The molecule has 118 valence electrons. The number of aromatic nitrogens is 2. The van der Waals surface area contributed by atoms with Crippen LogP contribution in [-0.2, 0) is 11.0 Å². The van der Waals surface area contributed by atoms with E-state index in [-0.39, 0.29) is 11.9 Å². The molecule has 0 aromatic carbocycles. The minimum atomic E-state index is -4.49. The molecule has 2 rings (SSSR count). The number of nitrogens with zero attached hydrogens (tertiary/aromatic N) is 3. The van der Waals surface area contributed by atoms with Gasteiger partial charge in [-0.05, 0) is 46.1 Å². The first kappa shape index (κ1) is 15.9. The summed E-state index contributed by atoms with van der Waals surface area (Å²) in [4.78, 5) is 14.3. The van der Waals surface area contributed by atoms with Crippen molar-refractivity contribution in [2.24, 2.45) is 0 Å². The Bertz CT molecular complexity index is 524. The van der Waals surface area contributed by atoms with Gasteiger partial charge in [-0.1, -0.05) is 0 Å². The van der Waals surface area contributed by atoms with Crippen LogP contribution in [0, 0.1) is 6.92 Å². The van der Waals surface area contributed by atoms with E-state index in [4.69, 9.17) is 0 Å². The van der Waals surface area contributed by atoms with Gasteiger partial charge in [-0.3, -0.25) is 9.48 Å². The maximum absolute atomic E-state index is 12.7. The summed E-state index contributed by atoms with van der Waals surface area (Å²) < 4.78 is 39.2. The Kier molecular flexibility index (Phi) is 4.30. The number of hydrogen-bond donors (Lipinski definition) is 0. The molecule has 1 aromatic heterocycles. The van der Waals surface area contributed by atoms with Crippen LogP contribution in [0.1, 0.15) is 50.5 Å². The van der Waals surface area contributed by atoms with Crippen molar-refractivity contribution in [1.82, 2.24) is 14.7 Å². The zero-order valence-corrected chi connectivity index (χ0v) is 12.4. The third-order valence-electron chi connectivity index (χ3n) is 4.02. The number of rotatable bonds is 2. The molecule has 0 unspecified atom stereocenters. The van der Waals surface area contributed by atoms with Crippen molar-refractivity contribution in [3.8, 4) is 0 Å². The van der Waals surface area contributed by atoms with Crippen molar-refractivity contribution in [2.45, 2.75) is 58.3 Å². The SMILES string of the molecule is Cc1cc(C(F)(F)F)nn1[C@@H](C)C(=O)N1CCCC[C@H]1C. The van der Waals surface area contributed by atoms with Crippen LogP contribution in [0.25, 0.3) is 0 Å². The molecule has 4 nitrogen and oxygen atoms in total. The van der Waals surface area contributed by atoms with Crippen molar-refractivity contribution in [2.75, 3.05) is 6.54 Å². The summed E-state index contributed by atoms with van der Waals surface area (Å²) in [6.07, 6.45) is -1.53. The molecule has 1 aliphatic rings. The van der Waals surface area contributed by atoms with Crippen LogP contribution in [-0.4, -0.2) is 33.2 Å². The molecular weight excluding hydrogens is 283 g/mol. The van der Waals surface area contributed by atoms with Crippen molar-refractivity contribution in [1.29, 1.82) is 0 Å². The highest BCUT2D eigenvalue weighted by Gasteiger charge is 2.36. The number of hydrogen-bond acceptors (Lipinski definition) is 2. The van der Waals surface area contributed by atoms with Gasteiger partial charge in [-0.2, -0.15) is 18.3 Å². The molecule has 0 aliphatic carbocycles. The summed E-state index contributed by atoms with van der Waals surface area (Å²) in [5.41, 5.74) is -0.612. The Morgan fingerprint density at radius 1 is 1.43 bits per heavy atom. The van der Waals surface area contributed by atoms with Gasteiger partial charge in [0.05, 0.1) is 0 Å². The minimum Gasteiger partial charge on any atom is -0.338 e. The van der Waals surface area contributed by atoms with E-state index in [1.807, 2.05) is 6.92 Å². The molecule has 0 radical (unpaired) electrons. The minimum absolute atomic E-state index is 0.131. The predicted octanol–water partition coefficient (Wildman–Crippen LogP) is 3.17. The van der Waals surface area contributed by atoms with Crippen LogP contribution < -0.4 is 0 Å². The van der Waals surface area contributed by atoms with E-state index < -0.39 is 17.9 Å². The zero-order chi connectivity index (χ0) is 15.8. The molecule has 0 spiro atoms. The molecule has 1 amide bonds. The molecule has 21 heavy (non-hydrogen) atoms. The average molecular weight is 303 g/mol. The highest BCUT2D eigenvalue weighted by Crippen LogP contribution is 2.30. The van der Waals surface area contributed by atoms with Gasteiger partial charge in [0.2, 0.25) is 5.91 Å². The molecule has 2 atom stereocenters. The molecule has 1 aliphatic heterocycles. The topological polar surface area (TPSA) is 38.1 Å². The summed E-state index contributed by atoms with van der Waals surface area (Å²) in [6.45, 7) is 5.77. The molecule has 1 aromatic rings. The van der Waals surface area contributed by atoms with Crippen molar-refractivity contribution in [3.05, 3.63) is 17.5 Å². The maximum atomic E-state index is 12.7. The standard InChI is InChI=1S/C14H20F3N3O/c1-9-6-4-5-7-19(9)13(21)11(3)20-10(2)8-12(18-20)14(15,16)17/h8-9,11H,4-7H2,1-3H3/t9-,11+/m1/s1. The fourth-order valence-corrected chi connectivity index (χ4v) is 2.79. The van der Waals surface area contributed by atoms with Gasteiger partial charge in [0.1, 0.15) is 6.04 Å². The highest BCUT2D eigenvalue weighted by atomic mass is 19.4. The van der Waals surface area contributed by atoms with Crippen molar-refractivity contribution >= 4 is 5.91 Å². The second kappa shape index (κ2) is 5.69. The van der Waals surface area contributed by atoms with E-state index in [0.29, 0.717) is 12.2 Å². The average Bonchev–Trinajstić information content (AvgIpc) is 2.80. The van der Waals surface area contributed by atoms with Gasteiger partial charge in [0.25, 0.3) is 0 Å². The maximum Gasteiger partial charge on any atom is 0.435 e. The fraction of sp³-hybridized carbons (Fsp3) is 0.714. The van der Waals surface area contributed by atoms with Crippen LogP contribution >= 0.6 is 0 Å². The van der Waals surface area contributed by atoms with Crippen LogP contribution in [0.2, 0.25) is 0 Å². The summed E-state index contributed by atoms with van der Waals surface area (Å²) in [5, 5.41) is 3.57. The highest BCUT2D eigenvalue weighted by molar-refractivity contribution is 5.80. The number of carbonyl (C=O) groups is 1. The Morgan fingerprint density at radius 2 is 2.10 bits per heavy atom. The molecule has 0 N–H and O–H groups in total. The van der Waals surface area contributed by atoms with Gasteiger partial charge < -0.3 is 4.90 Å². The van der Waals surface area contributed by atoms with Gasteiger partial charge in [-0.15, -0.1) is 0 Å². The first-order valence-electron chi connectivity index (χ1n) is 7.15. The fourth-order valence-electron chi connectivity index (χ4n) is 2.79. The second-order valence-corrected chi connectivity index (χ2v) is 5.67. The van der Waals surface area contributed by atoms with E-state index >= 15 is 0 Å². The molecule has 0 bridgehead atoms. The van der Waals surface area contributed by atoms with Crippen LogP contribution in [0.15, 0.2) is 6.07 Å². The Labute approximate surface area is 121 Å². The van der Waals surface area contributed by atoms with E-state index in [9.17, 15) is 18.0 Å². The van der Waals surface area contributed by atoms with Gasteiger partial charge in [0, 0.05) is 18.3 Å².